The maximum Gasteiger partial charge on any atom is 0.223 e. The third-order valence-electron chi connectivity index (χ3n) is 3.06. The fourth-order valence-corrected chi connectivity index (χ4v) is 2.05. The lowest BCUT2D eigenvalue weighted by Gasteiger charge is -2.34. The van der Waals surface area contributed by atoms with Gasteiger partial charge in [0.2, 0.25) is 5.91 Å². The highest BCUT2D eigenvalue weighted by Gasteiger charge is 2.36. The van der Waals surface area contributed by atoms with Gasteiger partial charge in [0, 0.05) is 17.3 Å². The summed E-state index contributed by atoms with van der Waals surface area (Å²) in [5, 5.41) is 0. The van der Waals surface area contributed by atoms with Crippen molar-refractivity contribution in [2.45, 2.75) is 75.2 Å². The van der Waals surface area contributed by atoms with Crippen molar-refractivity contribution in [1.29, 1.82) is 0 Å². The molecule has 3 heteroatoms. The summed E-state index contributed by atoms with van der Waals surface area (Å²) in [7, 11) is 0. The molecule has 0 unspecified atom stereocenters. The molecule has 0 atom stereocenters. The first-order valence-electron chi connectivity index (χ1n) is 7.11. The predicted octanol–water partition coefficient (Wildman–Crippen LogP) is 3.95. The largest absolute Gasteiger partial charge is 0.369 e. The highest BCUT2D eigenvalue weighted by atomic mass is 16.1. The number of amides is 1. The van der Waals surface area contributed by atoms with E-state index in [0.717, 1.165) is 0 Å². The normalized spacial score (nSPS) is 12.5. The SMILES string of the molecule is CC.CC(C)(CC(=O)C(C)(C)C)CC(C)(C)C(N)=O. The molecule has 0 fully saturated rings. The average molecular weight is 271 g/mol. The standard InChI is InChI=1S/C14H27NO2.C2H6/c1-12(2,3)10(16)8-13(4,5)9-14(6,7)11(15)17;1-2/h8-9H2,1-7H3,(H2,15,17);1-2H3. The molecule has 0 saturated carbocycles. The number of Topliss-reactive ketones (excluding diaryl/α,β-unsaturated/α-hetero) is 1. The number of nitrogens with two attached hydrogens (primary N) is 1. The van der Waals surface area contributed by atoms with E-state index in [0.29, 0.717) is 12.8 Å². The van der Waals surface area contributed by atoms with Crippen LogP contribution in [0.4, 0.5) is 0 Å². The van der Waals surface area contributed by atoms with Gasteiger partial charge in [-0.05, 0) is 11.8 Å². The van der Waals surface area contributed by atoms with Crippen molar-refractivity contribution in [2.24, 2.45) is 22.0 Å². The van der Waals surface area contributed by atoms with Crippen molar-refractivity contribution in [3.8, 4) is 0 Å². The summed E-state index contributed by atoms with van der Waals surface area (Å²) < 4.78 is 0. The summed E-state index contributed by atoms with van der Waals surface area (Å²) in [6, 6.07) is 0. The van der Waals surface area contributed by atoms with Crippen molar-refractivity contribution in [1.82, 2.24) is 0 Å². The summed E-state index contributed by atoms with van der Waals surface area (Å²) in [4.78, 5) is 23.3. The van der Waals surface area contributed by atoms with Gasteiger partial charge in [0.1, 0.15) is 5.78 Å². The second-order valence-corrected chi connectivity index (χ2v) is 7.44. The lowest BCUT2D eigenvalue weighted by molar-refractivity contribution is -0.132. The highest BCUT2D eigenvalue weighted by molar-refractivity contribution is 5.84. The van der Waals surface area contributed by atoms with Crippen molar-refractivity contribution in [2.75, 3.05) is 0 Å². The molecule has 0 radical (unpaired) electrons. The Kier molecular flexibility index (Phi) is 7.61. The molecule has 0 aromatic rings. The van der Waals surface area contributed by atoms with Crippen LogP contribution < -0.4 is 5.73 Å². The first kappa shape index (κ1) is 20.5. The molecule has 3 nitrogen and oxygen atoms in total. The first-order chi connectivity index (χ1) is 8.28. The van der Waals surface area contributed by atoms with Gasteiger partial charge < -0.3 is 5.73 Å². The van der Waals surface area contributed by atoms with Crippen molar-refractivity contribution >= 4 is 11.7 Å². The van der Waals surface area contributed by atoms with Gasteiger partial charge in [0.25, 0.3) is 0 Å². The van der Waals surface area contributed by atoms with E-state index in [-0.39, 0.29) is 22.5 Å². The molecule has 114 valence electrons. The third-order valence-corrected chi connectivity index (χ3v) is 3.06. The Labute approximate surface area is 119 Å². The monoisotopic (exact) mass is 271 g/mol. The first-order valence-corrected chi connectivity index (χ1v) is 7.11. The summed E-state index contributed by atoms with van der Waals surface area (Å²) in [6.07, 6.45) is 1.10. The van der Waals surface area contributed by atoms with E-state index in [1.807, 2.05) is 62.3 Å². The van der Waals surface area contributed by atoms with Gasteiger partial charge >= 0.3 is 0 Å². The van der Waals surface area contributed by atoms with Crippen LogP contribution in [-0.2, 0) is 9.59 Å². The smallest absolute Gasteiger partial charge is 0.223 e. The van der Waals surface area contributed by atoms with Gasteiger partial charge in [-0.15, -0.1) is 0 Å². The molecule has 0 heterocycles. The van der Waals surface area contributed by atoms with Crippen LogP contribution in [0.1, 0.15) is 75.2 Å². The van der Waals surface area contributed by atoms with Gasteiger partial charge in [-0.3, -0.25) is 9.59 Å². The minimum absolute atomic E-state index is 0.205. The molecule has 1 amide bonds. The van der Waals surface area contributed by atoms with E-state index in [9.17, 15) is 9.59 Å². The predicted molar refractivity (Wildman–Crippen MR) is 81.8 cm³/mol. The van der Waals surface area contributed by atoms with Gasteiger partial charge in [-0.25, -0.2) is 0 Å². The van der Waals surface area contributed by atoms with Crippen LogP contribution in [0.3, 0.4) is 0 Å². The zero-order valence-corrected chi connectivity index (χ0v) is 14.3. The van der Waals surface area contributed by atoms with E-state index < -0.39 is 5.41 Å². The van der Waals surface area contributed by atoms with Crippen molar-refractivity contribution < 1.29 is 9.59 Å². The second kappa shape index (κ2) is 7.06. The molecule has 0 rings (SSSR count). The zero-order valence-electron chi connectivity index (χ0n) is 14.3. The molecule has 0 saturated heterocycles. The molecule has 0 aromatic carbocycles. The topological polar surface area (TPSA) is 60.2 Å². The average Bonchev–Trinajstić information content (AvgIpc) is 2.16. The quantitative estimate of drug-likeness (QED) is 0.823. The van der Waals surface area contributed by atoms with E-state index in [4.69, 9.17) is 5.73 Å². The maximum atomic E-state index is 12.0. The summed E-state index contributed by atoms with van der Waals surface area (Å²) in [5.74, 6) is -0.0865. The van der Waals surface area contributed by atoms with Gasteiger partial charge in [0.15, 0.2) is 0 Å². The Hall–Kier alpha value is -0.860. The molecule has 0 aliphatic carbocycles. The van der Waals surface area contributed by atoms with Crippen LogP contribution in [0.5, 0.6) is 0 Å². The fraction of sp³-hybridized carbons (Fsp3) is 0.875. The third kappa shape index (κ3) is 8.02. The van der Waals surface area contributed by atoms with E-state index >= 15 is 0 Å². The molecule has 0 aliphatic rings. The van der Waals surface area contributed by atoms with Crippen LogP contribution in [-0.4, -0.2) is 11.7 Å². The van der Waals surface area contributed by atoms with Gasteiger partial charge in [0.05, 0.1) is 0 Å². The van der Waals surface area contributed by atoms with E-state index in [1.54, 1.807) is 0 Å². The highest BCUT2D eigenvalue weighted by Crippen LogP contribution is 2.38. The zero-order chi connectivity index (χ0) is 16.1. The Morgan fingerprint density at radius 1 is 0.895 bits per heavy atom. The van der Waals surface area contributed by atoms with Crippen molar-refractivity contribution in [3.63, 3.8) is 0 Å². The van der Waals surface area contributed by atoms with Gasteiger partial charge in [-0.1, -0.05) is 62.3 Å². The Balaban J connectivity index is 0. The van der Waals surface area contributed by atoms with Gasteiger partial charge in [-0.2, -0.15) is 0 Å². The molecule has 0 spiro atoms. The molecular formula is C16H33NO2. The Bertz CT molecular complexity index is 309. The number of ketones is 1. The molecule has 2 N–H and O–H groups in total. The minimum Gasteiger partial charge on any atom is -0.369 e. The van der Waals surface area contributed by atoms with E-state index in [2.05, 4.69) is 0 Å². The number of rotatable bonds is 5. The maximum absolute atomic E-state index is 12.0. The number of hydrogen-bond donors (Lipinski definition) is 1. The summed E-state index contributed by atoms with van der Waals surface area (Å²) in [5.41, 5.74) is 4.27. The number of hydrogen-bond acceptors (Lipinski definition) is 2. The summed E-state index contributed by atoms with van der Waals surface area (Å²) in [6.45, 7) is 17.5. The Morgan fingerprint density at radius 3 is 1.53 bits per heavy atom. The Morgan fingerprint density at radius 2 is 1.26 bits per heavy atom. The lowest BCUT2D eigenvalue weighted by atomic mass is 9.70. The van der Waals surface area contributed by atoms with Crippen LogP contribution in [0.25, 0.3) is 0 Å². The molecule has 0 aliphatic heterocycles. The molecule has 0 bridgehead atoms. The molecule has 0 aromatic heterocycles. The van der Waals surface area contributed by atoms with Crippen LogP contribution >= 0.6 is 0 Å². The fourth-order valence-electron chi connectivity index (χ4n) is 2.05. The van der Waals surface area contributed by atoms with E-state index in [1.165, 1.54) is 0 Å². The molecule has 19 heavy (non-hydrogen) atoms. The minimum atomic E-state index is -0.568. The number of primary amides is 1. The summed E-state index contributed by atoms with van der Waals surface area (Å²) >= 11 is 0. The lowest BCUT2D eigenvalue weighted by Crippen LogP contribution is -2.37. The van der Waals surface area contributed by atoms with Crippen LogP contribution in [0.2, 0.25) is 0 Å². The van der Waals surface area contributed by atoms with Crippen molar-refractivity contribution in [3.05, 3.63) is 0 Å². The molecular weight excluding hydrogens is 238 g/mol. The second-order valence-electron chi connectivity index (χ2n) is 7.44. The van der Waals surface area contributed by atoms with Crippen LogP contribution in [0.15, 0.2) is 0 Å². The van der Waals surface area contributed by atoms with Crippen LogP contribution in [0, 0.1) is 16.2 Å². The number of carbonyl (C=O) groups is 2. The number of carbonyl (C=O) groups excluding carboxylic acids is 2.